The molecule has 0 aliphatic carbocycles. The highest BCUT2D eigenvalue weighted by atomic mass is 19.1. The topological polar surface area (TPSA) is 90.0 Å². The lowest BCUT2D eigenvalue weighted by molar-refractivity contribution is 0.109. The first kappa shape index (κ1) is 17.6. The Morgan fingerprint density at radius 2 is 1.90 bits per heavy atom. The Labute approximate surface area is 164 Å². The molecule has 0 amide bonds. The van der Waals surface area contributed by atoms with Crippen LogP contribution in [0.5, 0.6) is 17.2 Å². The molecule has 3 heterocycles. The maximum absolute atomic E-state index is 15.1. The number of rotatable bonds is 1. The average molecular weight is 395 g/mol. The molecule has 0 bridgehead atoms. The van der Waals surface area contributed by atoms with Crippen molar-refractivity contribution in [3.8, 4) is 28.4 Å². The molecule has 29 heavy (non-hydrogen) atoms. The molecule has 2 aromatic carbocycles. The number of aromatic hydroxyl groups is 1. The molecule has 0 unspecified atom stereocenters. The Bertz CT molecular complexity index is 1180. The molecule has 2 aliphatic heterocycles. The van der Waals surface area contributed by atoms with E-state index in [1.807, 2.05) is 0 Å². The third-order valence-electron chi connectivity index (χ3n) is 5.07. The lowest BCUT2D eigenvalue weighted by Crippen LogP contribution is -2.42. The minimum atomic E-state index is -1.20. The number of hydrogen-bond acceptors (Lipinski definition) is 6. The second kappa shape index (κ2) is 6.25. The van der Waals surface area contributed by atoms with Gasteiger partial charge < -0.3 is 20.3 Å². The van der Waals surface area contributed by atoms with E-state index in [0.717, 1.165) is 0 Å². The predicted octanol–water partition coefficient (Wildman–Crippen LogP) is 3.47. The molecule has 6 nitrogen and oxygen atoms in total. The number of aliphatic imine (C=N–C) groups is 1. The Hall–Kier alpha value is -3.52. The number of nitrogens with zero attached hydrogens (tertiary/aromatic N) is 2. The third-order valence-corrected chi connectivity index (χ3v) is 5.07. The number of pyridine rings is 1. The molecule has 3 aromatic rings. The van der Waals surface area contributed by atoms with E-state index in [1.54, 1.807) is 18.2 Å². The summed E-state index contributed by atoms with van der Waals surface area (Å²) in [4.78, 5) is 8.15. The van der Waals surface area contributed by atoms with Gasteiger partial charge in [0.25, 0.3) is 0 Å². The zero-order valence-corrected chi connectivity index (χ0v) is 15.0. The van der Waals surface area contributed by atoms with Gasteiger partial charge in [-0.2, -0.15) is 4.39 Å². The van der Waals surface area contributed by atoms with E-state index >= 15 is 4.39 Å². The van der Waals surface area contributed by atoms with E-state index in [-0.39, 0.29) is 30.5 Å². The number of aromatic nitrogens is 1. The van der Waals surface area contributed by atoms with Crippen LogP contribution in [0.15, 0.2) is 53.7 Å². The number of hydrogen-bond donors (Lipinski definition) is 2. The average Bonchev–Trinajstić information content (AvgIpc) is 2.69. The van der Waals surface area contributed by atoms with Gasteiger partial charge in [0.1, 0.15) is 29.5 Å². The normalized spacial score (nSPS) is 19.9. The molecule has 5 rings (SSSR count). The van der Waals surface area contributed by atoms with E-state index in [1.165, 1.54) is 30.5 Å². The van der Waals surface area contributed by atoms with Crippen LogP contribution in [-0.2, 0) is 10.3 Å². The fourth-order valence-electron chi connectivity index (χ4n) is 3.83. The summed E-state index contributed by atoms with van der Waals surface area (Å²) in [6.45, 7) is 0.220. The van der Waals surface area contributed by atoms with Crippen LogP contribution in [0.2, 0.25) is 0 Å². The molecule has 1 aromatic heterocycles. The van der Waals surface area contributed by atoms with E-state index < -0.39 is 17.3 Å². The monoisotopic (exact) mass is 395 g/mol. The van der Waals surface area contributed by atoms with Gasteiger partial charge in [0.2, 0.25) is 5.95 Å². The minimum Gasteiger partial charge on any atom is -0.508 e. The van der Waals surface area contributed by atoms with Crippen LogP contribution in [0.4, 0.5) is 8.78 Å². The summed E-state index contributed by atoms with van der Waals surface area (Å²) in [6.07, 6.45) is 1.31. The summed E-state index contributed by atoms with van der Waals surface area (Å²) in [6, 6.07) is 10.2. The maximum Gasteiger partial charge on any atom is 0.213 e. The number of ether oxygens (including phenoxy) is 2. The molecule has 0 saturated carbocycles. The fourth-order valence-corrected chi connectivity index (χ4v) is 3.83. The van der Waals surface area contributed by atoms with E-state index in [2.05, 4.69) is 9.98 Å². The molecular weight excluding hydrogens is 380 g/mol. The van der Waals surface area contributed by atoms with Crippen LogP contribution >= 0.6 is 0 Å². The number of benzene rings is 2. The van der Waals surface area contributed by atoms with E-state index in [4.69, 9.17) is 15.2 Å². The molecule has 0 radical (unpaired) electrons. The third kappa shape index (κ3) is 2.72. The van der Waals surface area contributed by atoms with Crippen molar-refractivity contribution < 1.29 is 23.4 Å². The Morgan fingerprint density at radius 3 is 2.69 bits per heavy atom. The second-order valence-electron chi connectivity index (χ2n) is 6.94. The molecule has 3 N–H and O–H groups in total. The number of phenols is 1. The summed E-state index contributed by atoms with van der Waals surface area (Å²) in [5.41, 5.74) is 6.53. The van der Waals surface area contributed by atoms with Crippen molar-refractivity contribution >= 4 is 5.84 Å². The summed E-state index contributed by atoms with van der Waals surface area (Å²) >= 11 is 0. The van der Waals surface area contributed by atoms with Gasteiger partial charge >= 0.3 is 0 Å². The number of halogens is 2. The van der Waals surface area contributed by atoms with Gasteiger partial charge in [0, 0.05) is 23.4 Å². The smallest absolute Gasteiger partial charge is 0.213 e. The van der Waals surface area contributed by atoms with Gasteiger partial charge in [0.05, 0.1) is 6.61 Å². The number of fused-ring (bicyclic) bond motifs is 4. The largest absolute Gasteiger partial charge is 0.508 e. The molecule has 2 aliphatic rings. The molecule has 0 fully saturated rings. The van der Waals surface area contributed by atoms with Gasteiger partial charge in [-0.3, -0.25) is 4.99 Å². The number of amidine groups is 1. The lowest BCUT2D eigenvalue weighted by Gasteiger charge is -2.39. The predicted molar refractivity (Wildman–Crippen MR) is 101 cm³/mol. The Balaban J connectivity index is 1.80. The van der Waals surface area contributed by atoms with Crippen LogP contribution in [0, 0.1) is 11.8 Å². The first-order valence-corrected chi connectivity index (χ1v) is 8.85. The highest BCUT2D eigenvalue weighted by Gasteiger charge is 2.46. The highest BCUT2D eigenvalue weighted by molar-refractivity contribution is 5.84. The fraction of sp³-hybridized carbons (Fsp3) is 0.143. The van der Waals surface area contributed by atoms with Gasteiger partial charge in [-0.15, -0.1) is 0 Å². The number of nitrogens with two attached hydrogens (primary N) is 1. The first-order chi connectivity index (χ1) is 14.0. The SMILES string of the molecule is NC1=N[C@@]2(COC1)c1cc(O)ccc1Oc1c(F)cc(-c3ccnc(F)c3)cc12. The molecular formula is C21H15F2N3O3. The van der Waals surface area contributed by atoms with Crippen LogP contribution in [0.1, 0.15) is 11.1 Å². The maximum atomic E-state index is 15.1. The van der Waals surface area contributed by atoms with Crippen LogP contribution in [0.3, 0.4) is 0 Å². The van der Waals surface area contributed by atoms with Gasteiger partial charge in [-0.25, -0.2) is 9.37 Å². The summed E-state index contributed by atoms with van der Waals surface area (Å²) < 4.78 is 40.2. The summed E-state index contributed by atoms with van der Waals surface area (Å²) in [7, 11) is 0. The molecule has 146 valence electrons. The van der Waals surface area contributed by atoms with Crippen molar-refractivity contribution in [1.82, 2.24) is 4.98 Å². The minimum absolute atomic E-state index is 0.00218. The van der Waals surface area contributed by atoms with Crippen LogP contribution < -0.4 is 10.5 Å². The van der Waals surface area contributed by atoms with Crippen molar-refractivity contribution in [3.05, 3.63) is 71.6 Å². The summed E-state index contributed by atoms with van der Waals surface area (Å²) in [5.74, 6) is -0.735. The Morgan fingerprint density at radius 1 is 1.03 bits per heavy atom. The van der Waals surface area contributed by atoms with E-state index in [9.17, 15) is 9.50 Å². The quantitative estimate of drug-likeness (QED) is 0.616. The Kier molecular flexibility index (Phi) is 3.78. The van der Waals surface area contributed by atoms with Gasteiger partial charge in [-0.05, 0) is 47.5 Å². The van der Waals surface area contributed by atoms with Crippen molar-refractivity contribution in [2.75, 3.05) is 13.2 Å². The van der Waals surface area contributed by atoms with Crippen molar-refractivity contribution in [3.63, 3.8) is 0 Å². The lowest BCUT2D eigenvalue weighted by atomic mass is 9.79. The van der Waals surface area contributed by atoms with Crippen LogP contribution in [-0.4, -0.2) is 29.1 Å². The van der Waals surface area contributed by atoms with E-state index in [0.29, 0.717) is 28.0 Å². The molecule has 0 saturated heterocycles. The van der Waals surface area contributed by atoms with Gasteiger partial charge in [-0.1, -0.05) is 0 Å². The summed E-state index contributed by atoms with van der Waals surface area (Å²) in [5, 5.41) is 10.0. The standard InChI is InChI=1S/C21H15F2N3O3/c22-16-6-12(11-3-4-25-18(23)7-11)5-15-20(16)29-17-2-1-13(27)8-14(17)21(15)10-28-9-19(24)26-21/h1-8,27H,9-10H2,(H2,24,26)/t21-/m0/s1. The van der Waals surface area contributed by atoms with Crippen molar-refractivity contribution in [2.24, 2.45) is 10.7 Å². The van der Waals surface area contributed by atoms with Crippen molar-refractivity contribution in [2.45, 2.75) is 5.54 Å². The molecule has 1 spiro atoms. The molecule has 1 atom stereocenters. The second-order valence-corrected chi connectivity index (χ2v) is 6.94. The number of phenolic OH excluding ortho intramolecular Hbond substituents is 1. The zero-order valence-electron chi connectivity index (χ0n) is 15.0. The highest BCUT2D eigenvalue weighted by Crippen LogP contribution is 2.52. The van der Waals surface area contributed by atoms with Crippen molar-refractivity contribution in [1.29, 1.82) is 0 Å². The zero-order chi connectivity index (χ0) is 20.2. The van der Waals surface area contributed by atoms with Gasteiger partial charge in [0.15, 0.2) is 11.6 Å². The first-order valence-electron chi connectivity index (χ1n) is 8.85. The molecule has 8 heteroatoms. The van der Waals surface area contributed by atoms with Crippen LogP contribution in [0.25, 0.3) is 11.1 Å².